The van der Waals surface area contributed by atoms with Crippen LogP contribution in [-0.4, -0.2) is 21.6 Å². The van der Waals surface area contributed by atoms with E-state index in [1.165, 1.54) is 0 Å². The van der Waals surface area contributed by atoms with Crippen LogP contribution in [-0.2, 0) is 7.05 Å². The van der Waals surface area contributed by atoms with Crippen molar-refractivity contribution in [3.8, 4) is 0 Å². The molecule has 1 aromatic carbocycles. The number of anilines is 1. The molecule has 0 aliphatic heterocycles. The van der Waals surface area contributed by atoms with Crippen LogP contribution in [0.15, 0.2) is 24.5 Å². The zero-order valence-corrected chi connectivity index (χ0v) is 10.2. The second-order valence-electron chi connectivity index (χ2n) is 4.31. The summed E-state index contributed by atoms with van der Waals surface area (Å²) in [5, 5.41) is 5.54. The van der Waals surface area contributed by atoms with Gasteiger partial charge < -0.3 is 15.2 Å². The third-order valence-corrected chi connectivity index (χ3v) is 2.40. The number of benzene rings is 1. The molecule has 5 nitrogen and oxygen atoms in total. The molecule has 5 heteroatoms. The molecule has 17 heavy (non-hydrogen) atoms. The molecule has 0 unspecified atom stereocenters. The number of aromatic nitrogens is 2. The van der Waals surface area contributed by atoms with Crippen molar-refractivity contribution in [2.75, 3.05) is 5.32 Å². The van der Waals surface area contributed by atoms with Gasteiger partial charge in [-0.2, -0.15) is 0 Å². The molecule has 1 aromatic heterocycles. The summed E-state index contributed by atoms with van der Waals surface area (Å²) < 4.78 is 1.94. The Morgan fingerprint density at radius 2 is 2.18 bits per heavy atom. The number of hydrogen-bond donors (Lipinski definition) is 2. The summed E-state index contributed by atoms with van der Waals surface area (Å²) >= 11 is 0. The van der Waals surface area contributed by atoms with Crippen molar-refractivity contribution in [3.05, 3.63) is 24.5 Å². The van der Waals surface area contributed by atoms with Gasteiger partial charge in [0.15, 0.2) is 0 Å². The molecular weight excluding hydrogens is 216 g/mol. The molecule has 0 saturated carbocycles. The van der Waals surface area contributed by atoms with Gasteiger partial charge in [0.25, 0.3) is 0 Å². The average Bonchev–Trinajstić information content (AvgIpc) is 2.58. The number of urea groups is 1. The second kappa shape index (κ2) is 4.45. The van der Waals surface area contributed by atoms with Crippen LogP contribution in [0, 0.1) is 0 Å². The van der Waals surface area contributed by atoms with Crippen molar-refractivity contribution >= 4 is 22.8 Å². The molecule has 0 saturated heterocycles. The van der Waals surface area contributed by atoms with E-state index in [4.69, 9.17) is 0 Å². The molecule has 0 fully saturated rings. The minimum Gasteiger partial charge on any atom is -0.336 e. The number of hydrogen-bond acceptors (Lipinski definition) is 2. The van der Waals surface area contributed by atoms with Gasteiger partial charge in [0.05, 0.1) is 17.4 Å². The summed E-state index contributed by atoms with van der Waals surface area (Å²) in [6.45, 7) is 3.84. The highest BCUT2D eigenvalue weighted by Gasteiger charge is 2.05. The minimum absolute atomic E-state index is 0.119. The Labute approximate surface area is 99.8 Å². The van der Waals surface area contributed by atoms with Gasteiger partial charge in [0, 0.05) is 18.8 Å². The van der Waals surface area contributed by atoms with Gasteiger partial charge in [0.2, 0.25) is 0 Å². The van der Waals surface area contributed by atoms with E-state index in [0.29, 0.717) is 0 Å². The van der Waals surface area contributed by atoms with Gasteiger partial charge in [-0.1, -0.05) is 0 Å². The minimum atomic E-state index is -0.199. The number of carbonyl (C=O) groups excluding carboxylic acids is 1. The summed E-state index contributed by atoms with van der Waals surface area (Å²) in [6.07, 6.45) is 1.75. The van der Waals surface area contributed by atoms with Crippen LogP contribution in [0.1, 0.15) is 13.8 Å². The molecule has 2 aromatic rings. The number of aryl methyl sites for hydroxylation is 1. The summed E-state index contributed by atoms with van der Waals surface area (Å²) in [5.74, 6) is 0. The Balaban J connectivity index is 2.17. The van der Waals surface area contributed by atoms with E-state index in [9.17, 15) is 4.79 Å². The summed E-state index contributed by atoms with van der Waals surface area (Å²) in [4.78, 5) is 15.8. The van der Waals surface area contributed by atoms with E-state index in [2.05, 4.69) is 15.6 Å². The number of rotatable bonds is 2. The smallest absolute Gasteiger partial charge is 0.319 e. The van der Waals surface area contributed by atoms with Crippen molar-refractivity contribution < 1.29 is 4.79 Å². The largest absolute Gasteiger partial charge is 0.336 e. The first-order valence-electron chi connectivity index (χ1n) is 5.55. The highest BCUT2D eigenvalue weighted by atomic mass is 16.2. The topological polar surface area (TPSA) is 59.0 Å². The van der Waals surface area contributed by atoms with Crippen LogP contribution in [0.5, 0.6) is 0 Å². The zero-order valence-electron chi connectivity index (χ0n) is 10.2. The fourth-order valence-corrected chi connectivity index (χ4v) is 1.64. The molecule has 2 amide bonds. The predicted molar refractivity (Wildman–Crippen MR) is 68.0 cm³/mol. The number of fused-ring (bicyclic) bond motifs is 1. The van der Waals surface area contributed by atoms with Crippen LogP contribution in [0.4, 0.5) is 10.5 Å². The number of nitrogens with one attached hydrogen (secondary N) is 2. The molecule has 2 rings (SSSR count). The quantitative estimate of drug-likeness (QED) is 0.833. The molecule has 0 atom stereocenters. The van der Waals surface area contributed by atoms with E-state index in [1.807, 2.05) is 43.7 Å². The lowest BCUT2D eigenvalue weighted by molar-refractivity contribution is 0.250. The SMILES string of the molecule is CC(C)NC(=O)Nc1ccc2c(c1)ncn2C. The van der Waals surface area contributed by atoms with Crippen molar-refractivity contribution in [2.24, 2.45) is 7.05 Å². The maximum absolute atomic E-state index is 11.5. The predicted octanol–water partition coefficient (Wildman–Crippen LogP) is 2.10. The molecule has 0 aliphatic rings. The third kappa shape index (κ3) is 2.55. The Kier molecular flexibility index (Phi) is 2.99. The molecule has 90 valence electrons. The van der Waals surface area contributed by atoms with Gasteiger partial charge in [-0.15, -0.1) is 0 Å². The lowest BCUT2D eigenvalue weighted by atomic mass is 10.2. The Bertz CT molecular complexity index is 544. The van der Waals surface area contributed by atoms with Crippen LogP contribution in [0.25, 0.3) is 11.0 Å². The first-order valence-corrected chi connectivity index (χ1v) is 5.55. The second-order valence-corrected chi connectivity index (χ2v) is 4.31. The first kappa shape index (κ1) is 11.4. The average molecular weight is 232 g/mol. The number of amides is 2. The number of imidazole rings is 1. The lowest BCUT2D eigenvalue weighted by Crippen LogP contribution is -2.34. The molecular formula is C12H16N4O. The van der Waals surface area contributed by atoms with Crippen molar-refractivity contribution in [3.63, 3.8) is 0 Å². The zero-order chi connectivity index (χ0) is 12.4. The van der Waals surface area contributed by atoms with E-state index in [1.54, 1.807) is 6.33 Å². The first-order chi connectivity index (χ1) is 8.06. The maximum atomic E-state index is 11.5. The number of nitrogens with zero attached hydrogens (tertiary/aromatic N) is 2. The molecule has 1 heterocycles. The molecule has 0 aliphatic carbocycles. The van der Waals surface area contributed by atoms with Gasteiger partial charge >= 0.3 is 6.03 Å². The molecule has 2 N–H and O–H groups in total. The van der Waals surface area contributed by atoms with Crippen molar-refractivity contribution in [2.45, 2.75) is 19.9 Å². The maximum Gasteiger partial charge on any atom is 0.319 e. The molecule has 0 radical (unpaired) electrons. The van der Waals surface area contributed by atoms with Crippen molar-refractivity contribution in [1.82, 2.24) is 14.9 Å². The van der Waals surface area contributed by atoms with Crippen LogP contribution < -0.4 is 10.6 Å². The highest BCUT2D eigenvalue weighted by molar-refractivity contribution is 5.92. The van der Waals surface area contributed by atoms with Crippen LogP contribution in [0.3, 0.4) is 0 Å². The van der Waals surface area contributed by atoms with E-state index < -0.39 is 0 Å². The molecule has 0 bridgehead atoms. The van der Waals surface area contributed by atoms with E-state index in [0.717, 1.165) is 16.7 Å². The fourth-order valence-electron chi connectivity index (χ4n) is 1.64. The summed E-state index contributed by atoms with van der Waals surface area (Å²) in [6, 6.07) is 5.58. The standard InChI is InChI=1S/C12H16N4O/c1-8(2)14-12(17)15-9-4-5-11-10(6-9)13-7-16(11)3/h4-8H,1-3H3,(H2,14,15,17). The third-order valence-electron chi connectivity index (χ3n) is 2.40. The van der Waals surface area contributed by atoms with Gasteiger partial charge in [-0.3, -0.25) is 0 Å². The Hall–Kier alpha value is -2.04. The highest BCUT2D eigenvalue weighted by Crippen LogP contribution is 2.17. The Morgan fingerprint density at radius 3 is 2.88 bits per heavy atom. The number of carbonyl (C=O) groups is 1. The normalized spacial score (nSPS) is 10.8. The van der Waals surface area contributed by atoms with Gasteiger partial charge in [-0.25, -0.2) is 9.78 Å². The summed E-state index contributed by atoms with van der Waals surface area (Å²) in [5.41, 5.74) is 2.66. The summed E-state index contributed by atoms with van der Waals surface area (Å²) in [7, 11) is 1.94. The lowest BCUT2D eigenvalue weighted by Gasteiger charge is -2.09. The van der Waals surface area contributed by atoms with Crippen molar-refractivity contribution in [1.29, 1.82) is 0 Å². The van der Waals surface area contributed by atoms with E-state index >= 15 is 0 Å². The monoisotopic (exact) mass is 232 g/mol. The fraction of sp³-hybridized carbons (Fsp3) is 0.333. The van der Waals surface area contributed by atoms with Gasteiger partial charge in [0.1, 0.15) is 0 Å². The van der Waals surface area contributed by atoms with Gasteiger partial charge in [-0.05, 0) is 32.0 Å². The van der Waals surface area contributed by atoms with E-state index in [-0.39, 0.29) is 12.1 Å². The van der Waals surface area contributed by atoms with Crippen LogP contribution in [0.2, 0.25) is 0 Å². The molecule has 0 spiro atoms. The van der Waals surface area contributed by atoms with Crippen LogP contribution >= 0.6 is 0 Å². The Morgan fingerprint density at radius 1 is 1.41 bits per heavy atom.